The van der Waals surface area contributed by atoms with E-state index in [4.69, 9.17) is 60.1 Å². The van der Waals surface area contributed by atoms with Crippen LogP contribution in [0, 0.1) is 0 Å². The molecule has 0 unspecified atom stereocenters. The van der Waals surface area contributed by atoms with Gasteiger partial charge in [-0.1, -0.05) is 156 Å². The highest BCUT2D eigenvalue weighted by molar-refractivity contribution is 7.08. The van der Waals surface area contributed by atoms with Crippen LogP contribution in [0.3, 0.4) is 0 Å². The predicted molar refractivity (Wildman–Crippen MR) is 284 cm³/mol. The molecule has 2 aromatic rings. The third-order valence-electron chi connectivity index (χ3n) is 19.3. The zero-order chi connectivity index (χ0) is 47.5. The molecule has 0 spiro atoms. The Morgan fingerprint density at radius 2 is 0.521 bits per heavy atom. The molecule has 0 amide bonds. The van der Waals surface area contributed by atoms with E-state index in [2.05, 4.69) is 66.4 Å². The molecule has 7 aliphatic carbocycles. The monoisotopic (exact) mass is 1120 g/mol. The number of rotatable bonds is 12. The van der Waals surface area contributed by atoms with Crippen molar-refractivity contribution in [3.05, 3.63) is 72.9 Å². The lowest BCUT2D eigenvalue weighted by atomic mass is 10.4. The zero-order valence-electron chi connectivity index (χ0n) is 41.7. The Hall–Kier alpha value is -0.388. The SMILES string of the molecule is C=C[Si](O[Si]12O[Si]3(C4CCCC4)O[Si]4(C5CCCC5)O[Si](C5CCCC5)(O1)O[Si]1(C5CCCC5)O[Si](C5CCCC5)(O2)O[Si](C2CCCC2)(O3)O[Si](C2CCCC2)(O4)O1)(c1ccccc1)c1ccccc1. The van der Waals surface area contributed by atoms with Gasteiger partial charge >= 0.3 is 70.7 Å². The van der Waals surface area contributed by atoms with Gasteiger partial charge in [-0.3, -0.25) is 0 Å². The van der Waals surface area contributed by atoms with E-state index in [-0.39, 0.29) is 38.8 Å². The first kappa shape index (κ1) is 48.9. The first-order valence-electron chi connectivity index (χ1n) is 28.6. The summed E-state index contributed by atoms with van der Waals surface area (Å²) >= 11 is 0. The standard InChI is InChI=1S/C49H76O13Si9/c1-2-63(41-23-5-3-6-24-41,42-25-7-4-8-26-42)50-71-60-68(47-35-17-18-36-47)54-65(44-29-11-12-30-44)51-64(43-27-9-10-28-43)52-66(56-68,45-31-13-14-32-45)58-70(62-71,49-39-21-22-40-49)59-67(53-64,46-33-15-16-34-46)57-69(55-65,61-71)48-37-19-20-38-48/h2-8,23-26,43-49H,1,9-22,27-40H2. The molecule has 6 heterocycles. The van der Waals surface area contributed by atoms with Crippen molar-refractivity contribution in [3.8, 4) is 0 Å². The minimum Gasteiger partial charge on any atom is -0.383 e. The number of hydrogen-bond donors (Lipinski definition) is 0. The summed E-state index contributed by atoms with van der Waals surface area (Å²) in [7, 11) is -37.4. The molecule has 6 aliphatic heterocycles. The molecule has 0 aromatic heterocycles. The summed E-state index contributed by atoms with van der Waals surface area (Å²) in [4.78, 5) is 0. The smallest absolute Gasteiger partial charge is 0.383 e. The van der Waals surface area contributed by atoms with Gasteiger partial charge in [0.2, 0.25) is 0 Å². The van der Waals surface area contributed by atoms with Crippen LogP contribution in [0.4, 0.5) is 0 Å². The van der Waals surface area contributed by atoms with Gasteiger partial charge in [-0.15, -0.1) is 6.58 Å². The molecule has 0 atom stereocenters. The lowest BCUT2D eigenvalue weighted by molar-refractivity contribution is -0.0606. The summed E-state index contributed by atoms with van der Waals surface area (Å²) in [6, 6.07) is 21.2. The molecule has 386 valence electrons. The van der Waals surface area contributed by atoms with Crippen LogP contribution in [0.5, 0.6) is 0 Å². The second-order valence-corrected chi connectivity index (χ2v) is 52.4. The van der Waals surface area contributed by atoms with Gasteiger partial charge in [-0.25, -0.2) is 0 Å². The van der Waals surface area contributed by atoms with Crippen molar-refractivity contribution in [2.75, 3.05) is 0 Å². The quantitative estimate of drug-likeness (QED) is 0.188. The van der Waals surface area contributed by atoms with E-state index < -0.39 is 79.0 Å². The van der Waals surface area contributed by atoms with Crippen LogP contribution in [0.2, 0.25) is 38.8 Å². The van der Waals surface area contributed by atoms with Crippen molar-refractivity contribution < 1.29 is 53.5 Å². The molecule has 0 N–H and O–H groups in total. The largest absolute Gasteiger partial charge is 0.647 e. The van der Waals surface area contributed by atoms with Crippen molar-refractivity contribution in [3.63, 3.8) is 0 Å². The van der Waals surface area contributed by atoms with Crippen LogP contribution in [-0.2, 0) is 53.5 Å². The van der Waals surface area contributed by atoms with Gasteiger partial charge in [-0.2, -0.15) is 0 Å². The van der Waals surface area contributed by atoms with Crippen LogP contribution in [-0.4, -0.2) is 79.0 Å². The fraction of sp³-hybridized carbons (Fsp3) is 0.714. The van der Waals surface area contributed by atoms with Gasteiger partial charge in [0, 0.05) is 38.8 Å². The van der Waals surface area contributed by atoms with E-state index in [0.29, 0.717) is 0 Å². The average molecular weight is 1130 g/mol. The van der Waals surface area contributed by atoms with E-state index in [1.54, 1.807) is 0 Å². The topological polar surface area (TPSA) is 120 Å². The van der Waals surface area contributed by atoms with Gasteiger partial charge in [-0.05, 0) is 100 Å². The maximum absolute atomic E-state index is 8.60. The lowest BCUT2D eigenvalue weighted by Crippen LogP contribution is -2.91. The molecule has 7 saturated carbocycles. The van der Waals surface area contributed by atoms with Gasteiger partial charge in [0.1, 0.15) is 0 Å². The summed E-state index contributed by atoms with van der Waals surface area (Å²) in [5.74, 6) is 0. The Bertz CT molecular complexity index is 2030. The third-order valence-corrected chi connectivity index (χ3v) is 62.5. The minimum absolute atomic E-state index is 0.0174. The first-order chi connectivity index (χ1) is 34.7. The zero-order valence-corrected chi connectivity index (χ0v) is 50.7. The van der Waals surface area contributed by atoms with E-state index in [1.165, 1.54) is 0 Å². The van der Waals surface area contributed by atoms with Gasteiger partial charge < -0.3 is 53.5 Å². The molecular formula is C49H76O13Si9. The van der Waals surface area contributed by atoms with Crippen LogP contribution in [0.15, 0.2) is 72.9 Å². The normalized spacial score (nSPS) is 43.1. The Morgan fingerprint density at radius 1 is 0.324 bits per heavy atom. The van der Waals surface area contributed by atoms with E-state index >= 15 is 0 Å². The summed E-state index contributed by atoms with van der Waals surface area (Å²) < 4.78 is 111. The molecule has 0 radical (unpaired) electrons. The highest BCUT2D eigenvalue weighted by atomic mass is 28.6. The molecule has 13 nitrogen and oxygen atoms in total. The Balaban J connectivity index is 1.10. The fourth-order valence-corrected chi connectivity index (χ4v) is 75.6. The molecule has 13 fully saturated rings. The van der Waals surface area contributed by atoms with Crippen molar-refractivity contribution in [2.45, 2.75) is 219 Å². The summed E-state index contributed by atoms with van der Waals surface area (Å²) in [6.45, 7) is 4.70. The third kappa shape index (κ3) is 7.99. The Kier molecular flexibility index (Phi) is 12.8. The van der Waals surface area contributed by atoms with Crippen molar-refractivity contribution in [1.29, 1.82) is 0 Å². The molecular weight excluding hydrogens is 1050 g/mol. The molecule has 8 bridgehead atoms. The van der Waals surface area contributed by atoms with Crippen LogP contribution >= 0.6 is 0 Å². The fourth-order valence-electron chi connectivity index (χ4n) is 15.7. The van der Waals surface area contributed by atoms with Crippen LogP contribution in [0.1, 0.15) is 180 Å². The highest BCUT2D eigenvalue weighted by Crippen LogP contribution is 2.66. The van der Waals surface area contributed by atoms with Gasteiger partial charge in [0.05, 0.1) is 0 Å². The summed E-state index contributed by atoms with van der Waals surface area (Å²) in [5.41, 5.74) is 1.73. The number of hydrogen-bond acceptors (Lipinski definition) is 13. The van der Waals surface area contributed by atoms with Crippen molar-refractivity contribution in [2.24, 2.45) is 0 Å². The van der Waals surface area contributed by atoms with Gasteiger partial charge in [0.15, 0.2) is 0 Å². The first-order valence-corrected chi connectivity index (χ1v) is 44.8. The molecule has 22 heteroatoms. The Morgan fingerprint density at radius 3 is 0.718 bits per heavy atom. The van der Waals surface area contributed by atoms with E-state index in [1.807, 2.05) is 0 Å². The number of benzene rings is 2. The van der Waals surface area contributed by atoms with Crippen molar-refractivity contribution >= 4 is 89.4 Å². The molecule has 2 aromatic carbocycles. The summed E-state index contributed by atoms with van der Waals surface area (Å²) in [6.07, 6.45) is 27.6. The summed E-state index contributed by atoms with van der Waals surface area (Å²) in [5, 5.41) is 2.03. The maximum Gasteiger partial charge on any atom is 0.647 e. The van der Waals surface area contributed by atoms with Crippen molar-refractivity contribution in [1.82, 2.24) is 0 Å². The second-order valence-electron chi connectivity index (χ2n) is 23.6. The second kappa shape index (κ2) is 18.6. The van der Waals surface area contributed by atoms with Gasteiger partial charge in [0.25, 0.3) is 8.32 Å². The average Bonchev–Trinajstić information content (AvgIpc) is 4.22. The highest BCUT2D eigenvalue weighted by Gasteiger charge is 2.89. The molecule has 15 rings (SSSR count). The van der Waals surface area contributed by atoms with Crippen LogP contribution in [0.25, 0.3) is 0 Å². The molecule has 6 saturated heterocycles. The van der Waals surface area contributed by atoms with E-state index in [9.17, 15) is 0 Å². The maximum atomic E-state index is 8.60. The molecule has 71 heavy (non-hydrogen) atoms. The minimum atomic E-state index is -4.82. The lowest BCUT2D eigenvalue weighted by Gasteiger charge is -2.66. The van der Waals surface area contributed by atoms with Crippen LogP contribution < -0.4 is 10.4 Å². The predicted octanol–water partition coefficient (Wildman–Crippen LogP) is 11.4. The molecule has 13 aliphatic rings. The van der Waals surface area contributed by atoms with E-state index in [0.717, 1.165) is 190 Å². The Labute approximate surface area is 431 Å².